The summed E-state index contributed by atoms with van der Waals surface area (Å²) in [7, 11) is -1.63. The molecule has 0 aromatic rings. The Kier molecular flexibility index (Phi) is 4.32. The summed E-state index contributed by atoms with van der Waals surface area (Å²) < 4.78 is 23.5. The van der Waals surface area contributed by atoms with Gasteiger partial charge in [0.15, 0.2) is 9.84 Å². The summed E-state index contributed by atoms with van der Waals surface area (Å²) in [4.78, 5) is 13.4. The minimum absolute atomic E-state index is 0.134. The second-order valence-corrected chi connectivity index (χ2v) is 6.85. The van der Waals surface area contributed by atoms with Crippen LogP contribution >= 0.6 is 0 Å². The zero-order valence-corrected chi connectivity index (χ0v) is 10.7. The van der Waals surface area contributed by atoms with Crippen molar-refractivity contribution in [2.24, 2.45) is 5.73 Å². The van der Waals surface area contributed by atoms with Gasteiger partial charge < -0.3 is 10.6 Å². The van der Waals surface area contributed by atoms with Crippen LogP contribution in [0.1, 0.15) is 26.2 Å². The Morgan fingerprint density at radius 1 is 1.50 bits per heavy atom. The summed E-state index contributed by atoms with van der Waals surface area (Å²) in [5.74, 6) is -0.174. The van der Waals surface area contributed by atoms with E-state index in [2.05, 4.69) is 0 Å². The molecule has 94 valence electrons. The number of carbonyl (C=O) groups excluding carboxylic acids is 1. The third kappa shape index (κ3) is 3.18. The highest BCUT2D eigenvalue weighted by atomic mass is 32.2. The van der Waals surface area contributed by atoms with Gasteiger partial charge >= 0.3 is 0 Å². The molecule has 0 bridgehead atoms. The standard InChI is InChI=1S/C10H20N2O3S/c1-8(11)7-12(2)10(13)9-5-3-4-6-16(9,14)15/h8-9H,3-7,11H2,1-2H3. The summed E-state index contributed by atoms with van der Waals surface area (Å²) in [6, 6.07) is -0.139. The molecule has 1 rings (SSSR count). The van der Waals surface area contributed by atoms with E-state index in [1.165, 1.54) is 4.90 Å². The molecule has 2 atom stereocenters. The summed E-state index contributed by atoms with van der Waals surface area (Å²) in [6.45, 7) is 2.18. The lowest BCUT2D eigenvalue weighted by molar-refractivity contribution is -0.129. The first-order valence-corrected chi connectivity index (χ1v) is 7.28. The number of likely N-dealkylation sites (N-methyl/N-ethyl adjacent to an activating group) is 1. The summed E-state index contributed by atoms with van der Waals surface area (Å²) in [6.07, 6.45) is 1.93. The highest BCUT2D eigenvalue weighted by Gasteiger charge is 2.36. The third-order valence-electron chi connectivity index (χ3n) is 2.79. The van der Waals surface area contributed by atoms with Gasteiger partial charge in [0.05, 0.1) is 5.75 Å². The number of carbonyl (C=O) groups is 1. The van der Waals surface area contributed by atoms with Crippen molar-refractivity contribution in [2.45, 2.75) is 37.5 Å². The van der Waals surface area contributed by atoms with Gasteiger partial charge in [-0.3, -0.25) is 4.79 Å². The van der Waals surface area contributed by atoms with E-state index >= 15 is 0 Å². The van der Waals surface area contributed by atoms with Gasteiger partial charge in [0.1, 0.15) is 5.25 Å². The van der Waals surface area contributed by atoms with Crippen molar-refractivity contribution in [3.8, 4) is 0 Å². The Morgan fingerprint density at radius 3 is 2.62 bits per heavy atom. The molecule has 16 heavy (non-hydrogen) atoms. The zero-order chi connectivity index (χ0) is 12.3. The molecule has 0 aromatic heterocycles. The van der Waals surface area contributed by atoms with E-state index in [0.29, 0.717) is 19.4 Å². The van der Waals surface area contributed by atoms with Gasteiger partial charge in [-0.2, -0.15) is 0 Å². The lowest BCUT2D eigenvalue weighted by Crippen LogP contribution is -2.46. The van der Waals surface area contributed by atoms with Gasteiger partial charge in [0, 0.05) is 19.6 Å². The Hall–Kier alpha value is -0.620. The third-order valence-corrected chi connectivity index (χ3v) is 4.95. The monoisotopic (exact) mass is 248 g/mol. The molecule has 2 unspecified atom stereocenters. The predicted molar refractivity (Wildman–Crippen MR) is 62.7 cm³/mol. The average molecular weight is 248 g/mol. The fraction of sp³-hybridized carbons (Fsp3) is 0.900. The van der Waals surface area contributed by atoms with Crippen molar-refractivity contribution < 1.29 is 13.2 Å². The van der Waals surface area contributed by atoms with Crippen molar-refractivity contribution >= 4 is 15.7 Å². The van der Waals surface area contributed by atoms with E-state index in [1.807, 2.05) is 0 Å². The molecule has 1 aliphatic rings. The van der Waals surface area contributed by atoms with Crippen LogP contribution in [0.3, 0.4) is 0 Å². The predicted octanol–water partition coefficient (Wildman–Crippen LogP) is -0.241. The highest BCUT2D eigenvalue weighted by molar-refractivity contribution is 7.92. The first kappa shape index (κ1) is 13.4. The van der Waals surface area contributed by atoms with Crippen LogP contribution < -0.4 is 5.73 Å². The van der Waals surface area contributed by atoms with Crippen LogP contribution in [0.4, 0.5) is 0 Å². The Bertz CT molecular complexity index is 351. The first-order valence-electron chi connectivity index (χ1n) is 5.56. The van der Waals surface area contributed by atoms with Crippen LogP contribution in [0, 0.1) is 0 Å². The van der Waals surface area contributed by atoms with E-state index in [-0.39, 0.29) is 17.7 Å². The zero-order valence-electron chi connectivity index (χ0n) is 9.85. The van der Waals surface area contributed by atoms with Gasteiger partial charge in [-0.15, -0.1) is 0 Å². The molecule has 6 heteroatoms. The number of nitrogens with zero attached hydrogens (tertiary/aromatic N) is 1. The summed E-state index contributed by atoms with van der Waals surface area (Å²) in [5, 5.41) is -0.843. The highest BCUT2D eigenvalue weighted by Crippen LogP contribution is 2.21. The lowest BCUT2D eigenvalue weighted by Gasteiger charge is -2.27. The quantitative estimate of drug-likeness (QED) is 0.747. The van der Waals surface area contributed by atoms with Crippen molar-refractivity contribution in [3.05, 3.63) is 0 Å². The van der Waals surface area contributed by atoms with Gasteiger partial charge in [0.25, 0.3) is 0 Å². The normalized spacial score (nSPS) is 26.1. The van der Waals surface area contributed by atoms with E-state index < -0.39 is 15.1 Å². The molecule has 0 saturated carbocycles. The number of nitrogens with two attached hydrogens (primary N) is 1. The van der Waals surface area contributed by atoms with Crippen LogP contribution in [0.2, 0.25) is 0 Å². The number of rotatable bonds is 3. The number of hydrogen-bond donors (Lipinski definition) is 1. The van der Waals surface area contributed by atoms with Gasteiger partial charge in [-0.1, -0.05) is 6.42 Å². The van der Waals surface area contributed by atoms with E-state index in [1.54, 1.807) is 14.0 Å². The van der Waals surface area contributed by atoms with Crippen molar-refractivity contribution in [1.82, 2.24) is 4.90 Å². The Balaban J connectivity index is 2.72. The van der Waals surface area contributed by atoms with Crippen LogP contribution in [0.15, 0.2) is 0 Å². The maximum atomic E-state index is 11.9. The van der Waals surface area contributed by atoms with E-state index in [4.69, 9.17) is 5.73 Å². The van der Waals surface area contributed by atoms with Gasteiger partial charge in [-0.05, 0) is 19.8 Å². The number of hydrogen-bond acceptors (Lipinski definition) is 4. The van der Waals surface area contributed by atoms with Crippen molar-refractivity contribution in [3.63, 3.8) is 0 Å². The fourth-order valence-electron chi connectivity index (χ4n) is 2.00. The molecule has 5 nitrogen and oxygen atoms in total. The molecule has 0 aromatic carbocycles. The van der Waals surface area contributed by atoms with Crippen LogP contribution in [0.25, 0.3) is 0 Å². The van der Waals surface area contributed by atoms with Gasteiger partial charge in [0.2, 0.25) is 5.91 Å². The first-order chi connectivity index (χ1) is 7.34. The van der Waals surface area contributed by atoms with Crippen LogP contribution in [-0.4, -0.2) is 49.9 Å². The molecule has 0 radical (unpaired) electrons. The molecule has 0 aliphatic carbocycles. The molecule has 1 saturated heterocycles. The van der Waals surface area contributed by atoms with Gasteiger partial charge in [-0.25, -0.2) is 8.42 Å². The largest absolute Gasteiger partial charge is 0.343 e. The van der Waals surface area contributed by atoms with Crippen molar-refractivity contribution in [1.29, 1.82) is 0 Å². The van der Waals surface area contributed by atoms with Crippen molar-refractivity contribution in [2.75, 3.05) is 19.3 Å². The number of sulfone groups is 1. The molecule has 1 fully saturated rings. The molecule has 2 N–H and O–H groups in total. The average Bonchev–Trinajstić information content (AvgIpc) is 2.15. The molecular formula is C10H20N2O3S. The second kappa shape index (κ2) is 5.14. The smallest absolute Gasteiger partial charge is 0.240 e. The molecule has 1 aliphatic heterocycles. The maximum absolute atomic E-state index is 11.9. The lowest BCUT2D eigenvalue weighted by atomic mass is 10.1. The van der Waals surface area contributed by atoms with E-state index in [0.717, 1.165) is 6.42 Å². The Labute approximate surface area is 96.9 Å². The van der Waals surface area contributed by atoms with Crippen LogP contribution in [-0.2, 0) is 14.6 Å². The topological polar surface area (TPSA) is 80.5 Å². The fourth-order valence-corrected chi connectivity index (χ4v) is 3.90. The molecule has 1 heterocycles. The maximum Gasteiger partial charge on any atom is 0.240 e. The Morgan fingerprint density at radius 2 is 2.12 bits per heavy atom. The summed E-state index contributed by atoms with van der Waals surface area (Å²) >= 11 is 0. The SMILES string of the molecule is CC(N)CN(C)C(=O)C1CCCCS1(=O)=O. The molecule has 0 spiro atoms. The number of amides is 1. The molecule has 1 amide bonds. The molecular weight excluding hydrogens is 228 g/mol. The minimum atomic E-state index is -3.24. The second-order valence-electron chi connectivity index (χ2n) is 4.55. The summed E-state index contributed by atoms with van der Waals surface area (Å²) in [5.41, 5.74) is 5.58. The van der Waals surface area contributed by atoms with Crippen LogP contribution in [0.5, 0.6) is 0 Å². The van der Waals surface area contributed by atoms with E-state index in [9.17, 15) is 13.2 Å². The minimum Gasteiger partial charge on any atom is -0.343 e.